The lowest BCUT2D eigenvalue weighted by Crippen LogP contribution is -2.27. The smallest absolute Gasteiger partial charge is 0.246 e. The lowest BCUT2D eigenvalue weighted by atomic mass is 10.1. The van der Waals surface area contributed by atoms with Gasteiger partial charge in [-0.2, -0.15) is 5.10 Å². The summed E-state index contributed by atoms with van der Waals surface area (Å²) in [6.45, 7) is 0. The van der Waals surface area contributed by atoms with Crippen molar-refractivity contribution in [2.45, 2.75) is 6.04 Å². The Hall–Kier alpha value is -2.05. The molecule has 1 unspecified atom stereocenters. The molecule has 0 spiro atoms. The van der Waals surface area contributed by atoms with Gasteiger partial charge in [-0.15, -0.1) is 0 Å². The second-order valence-corrected chi connectivity index (χ2v) is 4.70. The van der Waals surface area contributed by atoms with Crippen LogP contribution in [0.15, 0.2) is 30.6 Å². The lowest BCUT2D eigenvalue weighted by molar-refractivity contribution is -0.117. The van der Waals surface area contributed by atoms with Gasteiger partial charge in [0.05, 0.1) is 19.0 Å². The first kappa shape index (κ1) is 14.4. The molecule has 1 aromatic carbocycles. The number of rotatable bonds is 4. The molecular weight excluding hydrogens is 280 g/mol. The summed E-state index contributed by atoms with van der Waals surface area (Å²) in [5.41, 5.74) is 7.00. The highest BCUT2D eigenvalue weighted by Gasteiger charge is 2.18. The predicted octanol–water partition coefficient (Wildman–Crippen LogP) is 1.72. The van der Waals surface area contributed by atoms with Crippen LogP contribution in [0.3, 0.4) is 0 Å². The normalized spacial score (nSPS) is 12.0. The molecule has 6 nitrogen and oxygen atoms in total. The number of halogens is 1. The van der Waals surface area contributed by atoms with E-state index in [0.29, 0.717) is 22.0 Å². The van der Waals surface area contributed by atoms with Gasteiger partial charge >= 0.3 is 0 Å². The summed E-state index contributed by atoms with van der Waals surface area (Å²) < 4.78 is 6.75. The number of nitrogens with zero attached hydrogens (tertiary/aromatic N) is 2. The molecule has 0 radical (unpaired) electrons. The number of carbonyl (C=O) groups is 1. The van der Waals surface area contributed by atoms with E-state index in [0.717, 1.165) is 0 Å². The van der Waals surface area contributed by atoms with E-state index in [4.69, 9.17) is 22.1 Å². The zero-order valence-electron chi connectivity index (χ0n) is 11.1. The van der Waals surface area contributed by atoms with Gasteiger partial charge in [0.15, 0.2) is 0 Å². The van der Waals surface area contributed by atoms with Crippen LogP contribution in [-0.2, 0) is 11.8 Å². The topological polar surface area (TPSA) is 82.2 Å². The fraction of sp³-hybridized carbons (Fsp3) is 0.231. The van der Waals surface area contributed by atoms with Crippen molar-refractivity contribution in [1.82, 2.24) is 9.78 Å². The summed E-state index contributed by atoms with van der Waals surface area (Å²) in [6, 6.07) is 4.14. The van der Waals surface area contributed by atoms with Gasteiger partial charge in [0.2, 0.25) is 5.91 Å². The molecule has 1 atom stereocenters. The van der Waals surface area contributed by atoms with Gasteiger partial charge in [-0.1, -0.05) is 11.6 Å². The summed E-state index contributed by atoms with van der Waals surface area (Å²) in [5, 5.41) is 7.18. The average Bonchev–Trinajstić information content (AvgIpc) is 2.84. The van der Waals surface area contributed by atoms with Crippen LogP contribution in [0, 0.1) is 0 Å². The molecule has 1 amide bonds. The van der Waals surface area contributed by atoms with Crippen molar-refractivity contribution in [3.05, 3.63) is 41.2 Å². The molecule has 0 saturated heterocycles. The fourth-order valence-electron chi connectivity index (χ4n) is 1.74. The Morgan fingerprint density at radius 2 is 2.30 bits per heavy atom. The third kappa shape index (κ3) is 3.09. The SMILES string of the molecule is COc1ccc(Cl)cc1NC(=O)C(N)c1cnn(C)c1. The number of hydrogen-bond acceptors (Lipinski definition) is 4. The Morgan fingerprint density at radius 1 is 1.55 bits per heavy atom. The predicted molar refractivity (Wildman–Crippen MR) is 76.8 cm³/mol. The molecule has 7 heteroatoms. The maximum absolute atomic E-state index is 12.1. The number of carbonyl (C=O) groups excluding carboxylic acids is 1. The molecule has 1 heterocycles. The fourth-order valence-corrected chi connectivity index (χ4v) is 1.91. The van der Waals surface area contributed by atoms with Crippen molar-refractivity contribution in [1.29, 1.82) is 0 Å². The van der Waals surface area contributed by atoms with Gasteiger partial charge in [-0.05, 0) is 18.2 Å². The Bertz CT molecular complexity index is 627. The summed E-state index contributed by atoms with van der Waals surface area (Å²) in [4.78, 5) is 12.1. The van der Waals surface area contributed by atoms with Gasteiger partial charge in [0.1, 0.15) is 11.8 Å². The molecule has 0 aliphatic heterocycles. The number of aromatic nitrogens is 2. The number of benzene rings is 1. The summed E-state index contributed by atoms with van der Waals surface area (Å²) in [6.07, 6.45) is 3.25. The van der Waals surface area contributed by atoms with E-state index < -0.39 is 6.04 Å². The molecule has 3 N–H and O–H groups in total. The number of nitrogens with one attached hydrogen (secondary N) is 1. The minimum Gasteiger partial charge on any atom is -0.495 e. The van der Waals surface area contributed by atoms with Crippen molar-refractivity contribution in [3.63, 3.8) is 0 Å². The van der Waals surface area contributed by atoms with Gasteiger partial charge in [-0.25, -0.2) is 0 Å². The first-order valence-electron chi connectivity index (χ1n) is 5.90. The summed E-state index contributed by atoms with van der Waals surface area (Å²) in [5.74, 6) is 0.153. The van der Waals surface area contributed by atoms with Crippen LogP contribution in [0.4, 0.5) is 5.69 Å². The maximum atomic E-state index is 12.1. The molecule has 2 aromatic rings. The van der Waals surface area contributed by atoms with Gasteiger partial charge < -0.3 is 15.8 Å². The number of anilines is 1. The second-order valence-electron chi connectivity index (χ2n) is 4.26. The molecule has 0 bridgehead atoms. The van der Waals surface area contributed by atoms with Gasteiger partial charge in [0.25, 0.3) is 0 Å². The third-order valence-corrected chi connectivity index (χ3v) is 3.02. The van der Waals surface area contributed by atoms with E-state index in [1.807, 2.05) is 0 Å². The quantitative estimate of drug-likeness (QED) is 0.899. The molecular formula is C13H15ClN4O2. The van der Waals surface area contributed by atoms with Crippen LogP contribution in [0.1, 0.15) is 11.6 Å². The first-order valence-corrected chi connectivity index (χ1v) is 6.27. The van der Waals surface area contributed by atoms with E-state index in [-0.39, 0.29) is 5.91 Å². The van der Waals surface area contributed by atoms with Crippen LogP contribution in [-0.4, -0.2) is 22.8 Å². The van der Waals surface area contributed by atoms with Gasteiger partial charge in [0, 0.05) is 23.8 Å². The molecule has 20 heavy (non-hydrogen) atoms. The second kappa shape index (κ2) is 5.94. The average molecular weight is 295 g/mol. The molecule has 0 fully saturated rings. The van der Waals surface area contributed by atoms with E-state index in [2.05, 4.69) is 10.4 Å². The molecule has 0 saturated carbocycles. The Balaban J connectivity index is 2.17. The van der Waals surface area contributed by atoms with Crippen LogP contribution in [0.25, 0.3) is 0 Å². The summed E-state index contributed by atoms with van der Waals surface area (Å²) >= 11 is 5.91. The van der Waals surface area contributed by atoms with E-state index in [1.165, 1.54) is 7.11 Å². The highest BCUT2D eigenvalue weighted by molar-refractivity contribution is 6.31. The van der Waals surface area contributed by atoms with Crippen LogP contribution in [0.5, 0.6) is 5.75 Å². The largest absolute Gasteiger partial charge is 0.495 e. The van der Waals surface area contributed by atoms with Crippen molar-refractivity contribution < 1.29 is 9.53 Å². The monoisotopic (exact) mass is 294 g/mol. The molecule has 0 aliphatic carbocycles. The molecule has 1 aromatic heterocycles. The van der Waals surface area contributed by atoms with E-state index in [1.54, 1.807) is 42.3 Å². The van der Waals surface area contributed by atoms with Gasteiger partial charge in [-0.3, -0.25) is 9.48 Å². The van der Waals surface area contributed by atoms with E-state index in [9.17, 15) is 4.79 Å². The van der Waals surface area contributed by atoms with Crippen molar-refractivity contribution in [3.8, 4) is 5.75 Å². The minimum atomic E-state index is -0.813. The van der Waals surface area contributed by atoms with Crippen molar-refractivity contribution >= 4 is 23.2 Å². The molecule has 0 aliphatic rings. The Kier molecular flexibility index (Phi) is 4.26. The third-order valence-electron chi connectivity index (χ3n) is 2.79. The number of ether oxygens (including phenoxy) is 1. The van der Waals surface area contributed by atoms with Crippen LogP contribution in [0.2, 0.25) is 5.02 Å². The first-order chi connectivity index (χ1) is 9.51. The number of aryl methyl sites for hydroxylation is 1. The standard InChI is InChI=1S/C13H15ClN4O2/c1-18-7-8(6-16-18)12(15)13(19)17-10-5-9(14)3-4-11(10)20-2/h3-7,12H,15H2,1-2H3,(H,17,19). The Morgan fingerprint density at radius 3 is 2.90 bits per heavy atom. The molecule has 2 rings (SSSR count). The van der Waals surface area contributed by atoms with Crippen LogP contribution >= 0.6 is 11.6 Å². The van der Waals surface area contributed by atoms with Crippen molar-refractivity contribution in [2.24, 2.45) is 12.8 Å². The summed E-state index contributed by atoms with van der Waals surface area (Å²) in [7, 11) is 3.27. The van der Waals surface area contributed by atoms with Crippen LogP contribution < -0.4 is 15.8 Å². The Labute approximate surface area is 121 Å². The molecule has 106 valence electrons. The number of methoxy groups -OCH3 is 1. The maximum Gasteiger partial charge on any atom is 0.246 e. The zero-order valence-corrected chi connectivity index (χ0v) is 11.9. The highest BCUT2D eigenvalue weighted by Crippen LogP contribution is 2.28. The minimum absolute atomic E-state index is 0.362. The number of amides is 1. The number of hydrogen-bond donors (Lipinski definition) is 2. The number of nitrogens with two attached hydrogens (primary N) is 1. The zero-order chi connectivity index (χ0) is 14.7. The van der Waals surface area contributed by atoms with Crippen molar-refractivity contribution in [2.75, 3.05) is 12.4 Å². The van der Waals surface area contributed by atoms with E-state index >= 15 is 0 Å². The lowest BCUT2D eigenvalue weighted by Gasteiger charge is -2.13. The highest BCUT2D eigenvalue weighted by atomic mass is 35.5.